The summed E-state index contributed by atoms with van der Waals surface area (Å²) >= 11 is 0. The number of nitrogens with two attached hydrogens (primary N) is 1. The van der Waals surface area contributed by atoms with Gasteiger partial charge in [-0.05, 0) is 30.0 Å². The van der Waals surface area contributed by atoms with Crippen LogP contribution in [0.2, 0.25) is 0 Å². The summed E-state index contributed by atoms with van der Waals surface area (Å²) in [4.78, 5) is 0. The fourth-order valence-corrected chi connectivity index (χ4v) is 2.25. The number of hydrogen-bond donors (Lipinski definition) is 2. The maximum Gasteiger partial charge on any atom is 0.0341 e. The number of rotatable bonds is 3. The van der Waals surface area contributed by atoms with Gasteiger partial charge in [0.1, 0.15) is 0 Å². The maximum atomic E-state index is 6.10. The fourth-order valence-electron chi connectivity index (χ4n) is 2.25. The first-order chi connectivity index (χ1) is 7.18. The van der Waals surface area contributed by atoms with Crippen molar-refractivity contribution in [2.24, 2.45) is 11.7 Å². The molecule has 0 fully saturated rings. The zero-order valence-electron chi connectivity index (χ0n) is 9.53. The molecule has 82 valence electrons. The summed E-state index contributed by atoms with van der Waals surface area (Å²) in [5.74, 6) is 0.689. The third-order valence-corrected chi connectivity index (χ3v) is 3.03. The molecule has 0 aromatic heterocycles. The van der Waals surface area contributed by atoms with Crippen LogP contribution >= 0.6 is 0 Å². The number of fused-ring (bicyclic) bond motifs is 1. The van der Waals surface area contributed by atoms with E-state index in [1.165, 1.54) is 11.1 Å². The molecule has 2 nitrogen and oxygen atoms in total. The van der Waals surface area contributed by atoms with Gasteiger partial charge in [-0.3, -0.25) is 0 Å². The Hall–Kier alpha value is -0.860. The molecule has 0 radical (unpaired) electrons. The molecule has 0 saturated carbocycles. The van der Waals surface area contributed by atoms with Crippen molar-refractivity contribution < 1.29 is 0 Å². The molecule has 0 saturated heterocycles. The second-order valence-corrected chi connectivity index (χ2v) is 4.83. The van der Waals surface area contributed by atoms with Crippen molar-refractivity contribution in [2.75, 3.05) is 6.54 Å². The third kappa shape index (κ3) is 2.21. The Morgan fingerprint density at radius 2 is 2.00 bits per heavy atom. The van der Waals surface area contributed by atoms with E-state index in [1.54, 1.807) is 0 Å². The summed E-state index contributed by atoms with van der Waals surface area (Å²) in [7, 11) is 0. The highest BCUT2D eigenvalue weighted by molar-refractivity contribution is 5.37. The summed E-state index contributed by atoms with van der Waals surface area (Å²) in [5, 5.41) is 3.59. The predicted molar refractivity (Wildman–Crippen MR) is 63.6 cm³/mol. The minimum Gasteiger partial charge on any atom is -0.324 e. The van der Waals surface area contributed by atoms with Crippen LogP contribution in [0.4, 0.5) is 0 Å². The summed E-state index contributed by atoms with van der Waals surface area (Å²) in [5.41, 5.74) is 8.82. The Balaban J connectivity index is 2.11. The molecule has 2 rings (SSSR count). The molecule has 15 heavy (non-hydrogen) atoms. The van der Waals surface area contributed by atoms with Crippen molar-refractivity contribution in [3.05, 3.63) is 35.4 Å². The zero-order chi connectivity index (χ0) is 10.8. The molecule has 1 aromatic rings. The molecule has 1 aliphatic carbocycles. The summed E-state index contributed by atoms with van der Waals surface area (Å²) in [6.07, 6.45) is 1.03. The molecule has 0 amide bonds. The molecule has 0 heterocycles. The smallest absolute Gasteiger partial charge is 0.0341 e. The summed E-state index contributed by atoms with van der Waals surface area (Å²) in [6, 6.07) is 9.19. The van der Waals surface area contributed by atoms with Gasteiger partial charge in [-0.15, -0.1) is 0 Å². The van der Waals surface area contributed by atoms with Crippen molar-refractivity contribution in [1.29, 1.82) is 0 Å². The van der Waals surface area contributed by atoms with Crippen LogP contribution in [0.5, 0.6) is 0 Å². The van der Waals surface area contributed by atoms with Gasteiger partial charge >= 0.3 is 0 Å². The van der Waals surface area contributed by atoms with Crippen molar-refractivity contribution in [1.82, 2.24) is 5.32 Å². The Morgan fingerprint density at radius 1 is 1.33 bits per heavy atom. The quantitative estimate of drug-likeness (QED) is 0.793. The largest absolute Gasteiger partial charge is 0.324 e. The van der Waals surface area contributed by atoms with Crippen molar-refractivity contribution >= 4 is 0 Å². The number of hydrogen-bond acceptors (Lipinski definition) is 2. The van der Waals surface area contributed by atoms with Gasteiger partial charge in [0.05, 0.1) is 0 Å². The maximum absolute atomic E-state index is 6.10. The molecule has 1 aliphatic rings. The van der Waals surface area contributed by atoms with Crippen LogP contribution in [0.1, 0.15) is 43.5 Å². The van der Waals surface area contributed by atoms with E-state index >= 15 is 0 Å². The minimum absolute atomic E-state index is 0.214. The van der Waals surface area contributed by atoms with Crippen molar-refractivity contribution in [2.45, 2.75) is 32.4 Å². The average molecular weight is 204 g/mol. The van der Waals surface area contributed by atoms with E-state index in [9.17, 15) is 0 Å². The predicted octanol–water partition coefficient (Wildman–Crippen LogP) is 2.38. The first-order valence-corrected chi connectivity index (χ1v) is 5.76. The van der Waals surface area contributed by atoms with E-state index in [0.29, 0.717) is 12.0 Å². The molecule has 1 aromatic carbocycles. The van der Waals surface area contributed by atoms with Crippen LogP contribution in [0, 0.1) is 5.92 Å². The Kier molecular flexibility index (Phi) is 3.08. The lowest BCUT2D eigenvalue weighted by Crippen LogP contribution is -2.24. The lowest BCUT2D eigenvalue weighted by molar-refractivity contribution is 0.455. The molecule has 2 atom stereocenters. The van der Waals surface area contributed by atoms with Crippen LogP contribution in [0.25, 0.3) is 0 Å². The average Bonchev–Trinajstić information content (AvgIpc) is 2.54. The normalized spacial score (nSPS) is 24.5. The molecular weight excluding hydrogens is 184 g/mol. The topological polar surface area (TPSA) is 38.0 Å². The monoisotopic (exact) mass is 204 g/mol. The van der Waals surface area contributed by atoms with E-state index in [-0.39, 0.29) is 6.04 Å². The van der Waals surface area contributed by atoms with Gasteiger partial charge in [0.2, 0.25) is 0 Å². The van der Waals surface area contributed by atoms with Gasteiger partial charge in [0.15, 0.2) is 0 Å². The molecule has 2 heteroatoms. The second kappa shape index (κ2) is 4.33. The van der Waals surface area contributed by atoms with E-state index < -0.39 is 0 Å². The minimum atomic E-state index is 0.214. The van der Waals surface area contributed by atoms with Crippen molar-refractivity contribution in [3.8, 4) is 0 Å². The zero-order valence-corrected chi connectivity index (χ0v) is 9.53. The molecule has 0 aliphatic heterocycles. The lowest BCUT2D eigenvalue weighted by atomic mass is 10.1. The Bertz CT molecular complexity index is 333. The highest BCUT2D eigenvalue weighted by atomic mass is 14.9. The van der Waals surface area contributed by atoms with Crippen LogP contribution in [0.15, 0.2) is 24.3 Å². The SMILES string of the molecule is CC(C)CNC1CC(N)c2ccccc21. The van der Waals surface area contributed by atoms with Gasteiger partial charge in [-0.2, -0.15) is 0 Å². The van der Waals surface area contributed by atoms with E-state index in [0.717, 1.165) is 13.0 Å². The molecular formula is C13H20N2. The number of nitrogens with one attached hydrogen (secondary N) is 1. The highest BCUT2D eigenvalue weighted by Crippen LogP contribution is 2.36. The van der Waals surface area contributed by atoms with Crippen LogP contribution in [-0.4, -0.2) is 6.54 Å². The van der Waals surface area contributed by atoms with Gasteiger partial charge in [0.25, 0.3) is 0 Å². The molecule has 2 unspecified atom stereocenters. The Labute approximate surface area is 91.9 Å². The first kappa shape index (κ1) is 10.7. The molecule has 0 spiro atoms. The van der Waals surface area contributed by atoms with Crippen LogP contribution in [0.3, 0.4) is 0 Å². The fraction of sp³-hybridized carbons (Fsp3) is 0.538. The number of benzene rings is 1. The van der Waals surface area contributed by atoms with E-state index in [1.807, 2.05) is 0 Å². The van der Waals surface area contributed by atoms with Gasteiger partial charge in [0, 0.05) is 12.1 Å². The van der Waals surface area contributed by atoms with Gasteiger partial charge in [-0.25, -0.2) is 0 Å². The third-order valence-electron chi connectivity index (χ3n) is 3.03. The van der Waals surface area contributed by atoms with E-state index in [2.05, 4.69) is 43.4 Å². The Morgan fingerprint density at radius 3 is 2.67 bits per heavy atom. The van der Waals surface area contributed by atoms with Gasteiger partial charge < -0.3 is 11.1 Å². The highest BCUT2D eigenvalue weighted by Gasteiger charge is 2.27. The van der Waals surface area contributed by atoms with E-state index in [4.69, 9.17) is 5.73 Å². The van der Waals surface area contributed by atoms with Crippen molar-refractivity contribution in [3.63, 3.8) is 0 Å². The second-order valence-electron chi connectivity index (χ2n) is 4.83. The van der Waals surface area contributed by atoms with Crippen LogP contribution < -0.4 is 11.1 Å². The molecule has 0 bridgehead atoms. The standard InChI is InChI=1S/C13H20N2/c1-9(2)8-15-13-7-12(14)10-5-3-4-6-11(10)13/h3-6,9,12-13,15H,7-8,14H2,1-2H3. The van der Waals surface area contributed by atoms with Gasteiger partial charge in [-0.1, -0.05) is 38.1 Å². The summed E-state index contributed by atoms with van der Waals surface area (Å²) < 4.78 is 0. The molecule has 3 N–H and O–H groups in total. The first-order valence-electron chi connectivity index (χ1n) is 5.76. The van der Waals surface area contributed by atoms with Crippen LogP contribution in [-0.2, 0) is 0 Å². The summed E-state index contributed by atoms with van der Waals surface area (Å²) in [6.45, 7) is 5.52. The lowest BCUT2D eigenvalue weighted by Gasteiger charge is -2.15.